The van der Waals surface area contributed by atoms with Gasteiger partial charge < -0.3 is 15.4 Å². The summed E-state index contributed by atoms with van der Waals surface area (Å²) in [5.74, 6) is -1.11. The van der Waals surface area contributed by atoms with Crippen molar-refractivity contribution < 1.29 is 14.3 Å². The lowest BCUT2D eigenvalue weighted by Crippen LogP contribution is -2.51. The van der Waals surface area contributed by atoms with Gasteiger partial charge in [0.05, 0.1) is 16.1 Å². The lowest BCUT2D eigenvalue weighted by atomic mass is 9.88. The molecule has 2 unspecified atom stereocenters. The van der Waals surface area contributed by atoms with Gasteiger partial charge in [-0.05, 0) is 43.4 Å². The van der Waals surface area contributed by atoms with Gasteiger partial charge in [-0.3, -0.25) is 4.79 Å². The van der Waals surface area contributed by atoms with E-state index in [0.29, 0.717) is 21.3 Å². The average molecular weight is 383 g/mol. The van der Waals surface area contributed by atoms with Gasteiger partial charge in [-0.1, -0.05) is 42.3 Å². The van der Waals surface area contributed by atoms with Crippen LogP contribution in [0.15, 0.2) is 30.5 Å². The van der Waals surface area contributed by atoms with Crippen LogP contribution in [0, 0.1) is 5.92 Å². The Hall–Kier alpha value is -1.72. The summed E-state index contributed by atoms with van der Waals surface area (Å²) in [7, 11) is 0. The van der Waals surface area contributed by atoms with E-state index in [1.54, 1.807) is 18.2 Å². The third-order valence-corrected chi connectivity index (χ3v) is 5.40. The predicted octanol–water partition coefficient (Wildman–Crippen LogP) is 4.35. The molecule has 25 heavy (non-hydrogen) atoms. The van der Waals surface area contributed by atoms with Gasteiger partial charge >= 0.3 is 12.0 Å². The Morgan fingerprint density at radius 3 is 2.56 bits per heavy atom. The number of hydrogen-bond donors (Lipinski definition) is 2. The number of carbonyl (C=O) groups is 2. The van der Waals surface area contributed by atoms with Crippen molar-refractivity contribution in [2.45, 2.75) is 44.2 Å². The second-order valence-electron chi connectivity index (χ2n) is 6.45. The fraction of sp³-hybridized carbons (Fsp3) is 0.444. The fourth-order valence-electron chi connectivity index (χ4n) is 3.37. The molecule has 1 aliphatic carbocycles. The van der Waals surface area contributed by atoms with E-state index in [-0.39, 0.29) is 12.1 Å². The zero-order valence-corrected chi connectivity index (χ0v) is 15.2. The van der Waals surface area contributed by atoms with Crippen molar-refractivity contribution in [2.75, 3.05) is 0 Å². The molecule has 7 heteroatoms. The Kier molecular flexibility index (Phi) is 5.54. The number of carbonyl (C=O) groups excluding carboxylic acids is 2. The summed E-state index contributed by atoms with van der Waals surface area (Å²) < 4.78 is 5.69. The molecule has 0 spiro atoms. The van der Waals surface area contributed by atoms with Crippen LogP contribution in [0.4, 0.5) is 4.79 Å². The lowest BCUT2D eigenvalue weighted by molar-refractivity contribution is -0.155. The smallest absolute Gasteiger partial charge is 0.319 e. The summed E-state index contributed by atoms with van der Waals surface area (Å²) in [6.07, 6.45) is 4.99. The highest BCUT2D eigenvalue weighted by atomic mass is 35.5. The van der Waals surface area contributed by atoms with Crippen LogP contribution in [0.1, 0.15) is 43.7 Å². The van der Waals surface area contributed by atoms with Gasteiger partial charge in [-0.2, -0.15) is 0 Å². The topological polar surface area (TPSA) is 67.4 Å². The maximum atomic E-state index is 12.8. The van der Waals surface area contributed by atoms with Gasteiger partial charge in [0.25, 0.3) is 0 Å². The molecule has 0 bridgehead atoms. The van der Waals surface area contributed by atoms with Gasteiger partial charge in [0.15, 0.2) is 0 Å². The molecule has 1 aromatic carbocycles. The molecule has 1 aromatic rings. The largest absolute Gasteiger partial charge is 0.462 e. The van der Waals surface area contributed by atoms with Crippen LogP contribution in [0.25, 0.3) is 0 Å². The van der Waals surface area contributed by atoms with E-state index in [0.717, 1.165) is 25.7 Å². The number of nitrogens with one attached hydrogen (secondary N) is 2. The quantitative estimate of drug-likeness (QED) is 0.763. The second-order valence-corrected chi connectivity index (χ2v) is 7.26. The third kappa shape index (κ3) is 4.10. The minimum Gasteiger partial charge on any atom is -0.462 e. The summed E-state index contributed by atoms with van der Waals surface area (Å²) in [6.45, 7) is 3.84. The average Bonchev–Trinajstić information content (AvgIpc) is 2.57. The molecule has 1 aliphatic heterocycles. The van der Waals surface area contributed by atoms with Crippen molar-refractivity contribution >= 4 is 35.2 Å². The molecule has 134 valence electrons. The van der Waals surface area contributed by atoms with Crippen molar-refractivity contribution in [1.82, 2.24) is 10.6 Å². The van der Waals surface area contributed by atoms with E-state index in [2.05, 4.69) is 17.2 Å². The Morgan fingerprint density at radius 2 is 1.88 bits per heavy atom. The summed E-state index contributed by atoms with van der Waals surface area (Å²) in [6, 6.07) is 4.00. The molecule has 2 N–H and O–H groups in total. The molecule has 1 heterocycles. The molecular formula is C18H20Cl2N2O3. The van der Waals surface area contributed by atoms with E-state index in [1.807, 2.05) is 0 Å². The summed E-state index contributed by atoms with van der Waals surface area (Å²) in [5, 5.41) is 6.10. The van der Waals surface area contributed by atoms with E-state index in [4.69, 9.17) is 27.9 Å². The molecule has 2 aliphatic rings. The molecule has 0 radical (unpaired) electrons. The van der Waals surface area contributed by atoms with E-state index < -0.39 is 18.0 Å². The van der Waals surface area contributed by atoms with Crippen molar-refractivity contribution in [3.8, 4) is 0 Å². The van der Waals surface area contributed by atoms with Crippen LogP contribution in [0.5, 0.6) is 0 Å². The molecule has 2 atom stereocenters. The SMILES string of the molecule is C=C1NC(=O)NC(c2ccc(Cl)c(Cl)c2)C1C(=O)OC1CCCCC1. The van der Waals surface area contributed by atoms with Crippen LogP contribution >= 0.6 is 23.2 Å². The molecule has 1 saturated carbocycles. The lowest BCUT2D eigenvalue weighted by Gasteiger charge is -2.34. The first-order valence-corrected chi connectivity index (χ1v) is 9.13. The zero-order chi connectivity index (χ0) is 18.0. The second kappa shape index (κ2) is 7.67. The number of urea groups is 1. The first-order valence-electron chi connectivity index (χ1n) is 8.37. The van der Waals surface area contributed by atoms with Crippen LogP contribution in [-0.2, 0) is 9.53 Å². The molecule has 1 saturated heterocycles. The Morgan fingerprint density at radius 1 is 1.16 bits per heavy atom. The number of ether oxygens (including phenoxy) is 1. The van der Waals surface area contributed by atoms with Crippen LogP contribution < -0.4 is 10.6 Å². The van der Waals surface area contributed by atoms with Gasteiger partial charge in [0.1, 0.15) is 12.0 Å². The molecule has 3 rings (SSSR count). The van der Waals surface area contributed by atoms with Crippen LogP contribution in [0.2, 0.25) is 10.0 Å². The number of benzene rings is 1. The van der Waals surface area contributed by atoms with Gasteiger partial charge in [0.2, 0.25) is 0 Å². The Balaban J connectivity index is 1.84. The number of rotatable bonds is 3. The normalized spacial score (nSPS) is 24.4. The summed E-state index contributed by atoms with van der Waals surface area (Å²) in [4.78, 5) is 24.7. The van der Waals surface area contributed by atoms with Crippen molar-refractivity contribution in [3.63, 3.8) is 0 Å². The molecule has 2 amide bonds. The maximum absolute atomic E-state index is 12.8. The van der Waals surface area contributed by atoms with Crippen LogP contribution in [0.3, 0.4) is 0 Å². The molecule has 5 nitrogen and oxygen atoms in total. The number of halogens is 2. The van der Waals surface area contributed by atoms with Crippen molar-refractivity contribution in [3.05, 3.63) is 46.1 Å². The third-order valence-electron chi connectivity index (χ3n) is 4.66. The number of hydrogen-bond acceptors (Lipinski definition) is 3. The highest BCUT2D eigenvalue weighted by Crippen LogP contribution is 2.34. The Labute approximate surface area is 156 Å². The molecule has 2 fully saturated rings. The highest BCUT2D eigenvalue weighted by Gasteiger charge is 2.40. The van der Waals surface area contributed by atoms with Crippen LogP contribution in [-0.4, -0.2) is 18.1 Å². The molecule has 0 aromatic heterocycles. The Bertz CT molecular complexity index is 702. The van der Waals surface area contributed by atoms with Crippen molar-refractivity contribution in [1.29, 1.82) is 0 Å². The predicted molar refractivity (Wildman–Crippen MR) is 96.5 cm³/mol. The number of esters is 1. The first-order chi connectivity index (χ1) is 12.0. The minimum atomic E-state index is -0.725. The fourth-order valence-corrected chi connectivity index (χ4v) is 3.67. The minimum absolute atomic E-state index is 0.0684. The summed E-state index contributed by atoms with van der Waals surface area (Å²) >= 11 is 12.1. The number of amides is 2. The summed E-state index contributed by atoms with van der Waals surface area (Å²) in [5.41, 5.74) is 0.997. The van der Waals surface area contributed by atoms with E-state index >= 15 is 0 Å². The van der Waals surface area contributed by atoms with Crippen molar-refractivity contribution in [2.24, 2.45) is 5.92 Å². The van der Waals surface area contributed by atoms with Gasteiger partial charge in [-0.15, -0.1) is 0 Å². The van der Waals surface area contributed by atoms with Gasteiger partial charge in [-0.25, -0.2) is 4.79 Å². The molecular weight excluding hydrogens is 363 g/mol. The van der Waals surface area contributed by atoms with E-state index in [1.165, 1.54) is 6.42 Å². The standard InChI is InChI=1S/C18H20Cl2N2O3/c1-10-15(17(23)25-12-5-3-2-4-6-12)16(22-18(24)21-10)11-7-8-13(19)14(20)9-11/h7-9,12,15-16H,1-6H2,(H2,21,22,24). The van der Waals surface area contributed by atoms with Gasteiger partial charge in [0, 0.05) is 5.70 Å². The maximum Gasteiger partial charge on any atom is 0.319 e. The monoisotopic (exact) mass is 382 g/mol. The van der Waals surface area contributed by atoms with E-state index in [9.17, 15) is 9.59 Å². The first kappa shape index (κ1) is 18.1. The highest BCUT2D eigenvalue weighted by molar-refractivity contribution is 6.42. The zero-order valence-electron chi connectivity index (χ0n) is 13.7.